The first-order chi connectivity index (χ1) is 11.3. The molecule has 0 bridgehead atoms. The predicted molar refractivity (Wildman–Crippen MR) is 99.9 cm³/mol. The Morgan fingerprint density at radius 3 is 2.50 bits per heavy atom. The van der Waals surface area contributed by atoms with Gasteiger partial charge in [0.15, 0.2) is 0 Å². The lowest BCUT2D eigenvalue weighted by Gasteiger charge is -2.13. The summed E-state index contributed by atoms with van der Waals surface area (Å²) in [6.07, 6.45) is 7.23. The van der Waals surface area contributed by atoms with E-state index in [1.807, 2.05) is 0 Å². The van der Waals surface area contributed by atoms with E-state index < -0.39 is 5.97 Å². The van der Waals surface area contributed by atoms with Crippen molar-refractivity contribution in [2.45, 2.75) is 53.9 Å². The molecule has 0 amide bonds. The molecule has 0 aliphatic rings. The molecule has 1 N–H and O–H groups in total. The van der Waals surface area contributed by atoms with Gasteiger partial charge >= 0.3 is 5.97 Å². The molecule has 0 aliphatic carbocycles. The van der Waals surface area contributed by atoms with Crippen molar-refractivity contribution in [3.05, 3.63) is 52.6 Å². The molecule has 3 heteroatoms. The second-order valence-corrected chi connectivity index (χ2v) is 6.91. The Hall–Kier alpha value is -2.03. The topological polar surface area (TPSA) is 46.5 Å². The lowest BCUT2D eigenvalue weighted by Crippen LogP contribution is -2.04. The maximum absolute atomic E-state index is 11.1. The fourth-order valence-electron chi connectivity index (χ4n) is 2.42. The quantitative estimate of drug-likeness (QED) is 0.595. The van der Waals surface area contributed by atoms with Crippen LogP contribution in [-0.2, 0) is 6.42 Å². The summed E-state index contributed by atoms with van der Waals surface area (Å²) in [6, 6.07) is 5.10. The van der Waals surface area contributed by atoms with E-state index in [1.165, 1.54) is 11.1 Å². The minimum absolute atomic E-state index is 0.312. The Balaban J connectivity index is 2.72. The fourth-order valence-corrected chi connectivity index (χ4v) is 2.42. The third kappa shape index (κ3) is 7.49. The van der Waals surface area contributed by atoms with Gasteiger partial charge in [-0.1, -0.05) is 31.1 Å². The van der Waals surface area contributed by atoms with Crippen LogP contribution in [0.1, 0.15) is 63.4 Å². The molecule has 0 radical (unpaired) electrons. The third-order valence-electron chi connectivity index (χ3n) is 3.70. The Morgan fingerprint density at radius 2 is 1.92 bits per heavy atom. The van der Waals surface area contributed by atoms with Crippen LogP contribution in [0.3, 0.4) is 0 Å². The molecule has 1 aromatic carbocycles. The number of benzene rings is 1. The first kappa shape index (κ1) is 20.0. The number of rotatable bonds is 9. The van der Waals surface area contributed by atoms with Crippen molar-refractivity contribution in [2.24, 2.45) is 5.92 Å². The number of hydrogen-bond donors (Lipinski definition) is 1. The molecular weight excluding hydrogens is 300 g/mol. The number of hydrogen-bond acceptors (Lipinski definition) is 2. The summed E-state index contributed by atoms with van der Waals surface area (Å²) in [4.78, 5) is 11.1. The van der Waals surface area contributed by atoms with E-state index in [2.05, 4.69) is 46.8 Å². The normalized spacial score (nSPS) is 11.5. The Bertz CT molecular complexity index is 606. The number of ether oxygens (including phenoxy) is 1. The predicted octanol–water partition coefficient (Wildman–Crippen LogP) is 5.65. The highest BCUT2D eigenvalue weighted by Crippen LogP contribution is 2.23. The maximum atomic E-state index is 11.1. The van der Waals surface area contributed by atoms with E-state index in [0.29, 0.717) is 18.1 Å². The molecule has 0 atom stereocenters. The molecule has 0 spiro atoms. The van der Waals surface area contributed by atoms with Crippen molar-refractivity contribution in [1.29, 1.82) is 0 Å². The van der Waals surface area contributed by atoms with E-state index in [0.717, 1.165) is 30.6 Å². The molecule has 132 valence electrons. The van der Waals surface area contributed by atoms with Gasteiger partial charge in [0, 0.05) is 0 Å². The Labute approximate surface area is 146 Å². The fraction of sp³-hybridized carbons (Fsp3) is 0.476. The first-order valence-electron chi connectivity index (χ1n) is 8.57. The second-order valence-electron chi connectivity index (χ2n) is 6.91. The van der Waals surface area contributed by atoms with Crippen molar-refractivity contribution >= 4 is 5.97 Å². The first-order valence-corrected chi connectivity index (χ1v) is 8.57. The van der Waals surface area contributed by atoms with Gasteiger partial charge in [0.25, 0.3) is 0 Å². The van der Waals surface area contributed by atoms with Crippen LogP contribution in [0.2, 0.25) is 0 Å². The molecule has 3 nitrogen and oxygen atoms in total. The summed E-state index contributed by atoms with van der Waals surface area (Å²) < 4.78 is 5.89. The van der Waals surface area contributed by atoms with Gasteiger partial charge < -0.3 is 9.84 Å². The summed E-state index contributed by atoms with van der Waals surface area (Å²) in [5, 5.41) is 9.15. The molecule has 24 heavy (non-hydrogen) atoms. The van der Waals surface area contributed by atoms with Crippen LogP contribution in [0.25, 0.3) is 0 Å². The van der Waals surface area contributed by atoms with Crippen LogP contribution < -0.4 is 4.74 Å². The van der Waals surface area contributed by atoms with Gasteiger partial charge in [0.05, 0.1) is 5.56 Å². The minimum atomic E-state index is -0.901. The summed E-state index contributed by atoms with van der Waals surface area (Å²) >= 11 is 0. The molecule has 1 rings (SSSR count). The van der Waals surface area contributed by atoms with Gasteiger partial charge in [0.1, 0.15) is 12.4 Å². The molecule has 0 saturated heterocycles. The lowest BCUT2D eigenvalue weighted by molar-refractivity contribution is 0.0696. The number of carboxylic acids is 1. The number of allylic oxidation sites excluding steroid dienone is 3. The average Bonchev–Trinajstić information content (AvgIpc) is 2.47. The van der Waals surface area contributed by atoms with Crippen LogP contribution in [-0.4, -0.2) is 17.7 Å². The van der Waals surface area contributed by atoms with Crippen LogP contribution in [0, 0.1) is 5.92 Å². The van der Waals surface area contributed by atoms with Gasteiger partial charge in [0.2, 0.25) is 0 Å². The largest absolute Gasteiger partial charge is 0.489 e. The molecule has 0 saturated carbocycles. The van der Waals surface area contributed by atoms with Gasteiger partial charge in [-0.25, -0.2) is 4.79 Å². The monoisotopic (exact) mass is 330 g/mol. The van der Waals surface area contributed by atoms with E-state index >= 15 is 0 Å². The SMILES string of the molecule is CC(C)=CCCC(C)=CCOc1ccc(C(=O)O)cc1CC(C)C. The van der Waals surface area contributed by atoms with Crippen molar-refractivity contribution < 1.29 is 14.6 Å². The summed E-state index contributed by atoms with van der Waals surface area (Å²) in [7, 11) is 0. The zero-order chi connectivity index (χ0) is 18.1. The highest BCUT2D eigenvalue weighted by molar-refractivity contribution is 5.88. The molecule has 0 unspecified atom stereocenters. The van der Waals surface area contributed by atoms with E-state index in [-0.39, 0.29) is 0 Å². The summed E-state index contributed by atoms with van der Waals surface area (Å²) in [5.41, 5.74) is 3.92. The standard InChI is InChI=1S/C21H30O3/c1-15(2)7-6-8-17(5)11-12-24-20-10-9-18(21(22)23)14-19(20)13-16(3)4/h7,9-11,14,16H,6,8,12-13H2,1-5H3,(H,22,23). The van der Waals surface area contributed by atoms with Crippen molar-refractivity contribution in [2.75, 3.05) is 6.61 Å². The van der Waals surface area contributed by atoms with Gasteiger partial charge in [-0.3, -0.25) is 0 Å². The van der Waals surface area contributed by atoms with Crippen LogP contribution in [0.15, 0.2) is 41.5 Å². The number of carboxylic acid groups (broad SMARTS) is 1. The zero-order valence-corrected chi connectivity index (χ0v) is 15.6. The molecule has 0 aliphatic heterocycles. The minimum Gasteiger partial charge on any atom is -0.489 e. The molecule has 1 aromatic rings. The highest BCUT2D eigenvalue weighted by Gasteiger charge is 2.10. The van der Waals surface area contributed by atoms with Gasteiger partial charge in [-0.15, -0.1) is 0 Å². The molecule has 0 fully saturated rings. The van der Waals surface area contributed by atoms with Crippen LogP contribution >= 0.6 is 0 Å². The van der Waals surface area contributed by atoms with Gasteiger partial charge in [-0.2, -0.15) is 0 Å². The van der Waals surface area contributed by atoms with E-state index in [1.54, 1.807) is 18.2 Å². The van der Waals surface area contributed by atoms with Crippen molar-refractivity contribution in [3.63, 3.8) is 0 Å². The van der Waals surface area contributed by atoms with Gasteiger partial charge in [-0.05, 0) is 75.8 Å². The van der Waals surface area contributed by atoms with E-state index in [4.69, 9.17) is 9.84 Å². The highest BCUT2D eigenvalue weighted by atomic mass is 16.5. The summed E-state index contributed by atoms with van der Waals surface area (Å²) in [5.74, 6) is 0.321. The Morgan fingerprint density at radius 1 is 1.21 bits per heavy atom. The van der Waals surface area contributed by atoms with Crippen molar-refractivity contribution in [3.8, 4) is 5.75 Å². The molecular formula is C21H30O3. The van der Waals surface area contributed by atoms with Crippen molar-refractivity contribution in [1.82, 2.24) is 0 Å². The molecule has 0 heterocycles. The smallest absolute Gasteiger partial charge is 0.335 e. The summed E-state index contributed by atoms with van der Waals surface area (Å²) in [6.45, 7) is 11.1. The van der Waals surface area contributed by atoms with E-state index in [9.17, 15) is 4.79 Å². The zero-order valence-electron chi connectivity index (χ0n) is 15.6. The number of carbonyl (C=O) groups is 1. The second kappa shape index (κ2) is 9.96. The molecule has 0 aromatic heterocycles. The maximum Gasteiger partial charge on any atom is 0.335 e. The third-order valence-corrected chi connectivity index (χ3v) is 3.70. The van der Waals surface area contributed by atoms with Crippen LogP contribution in [0.4, 0.5) is 0 Å². The Kier molecular flexibility index (Phi) is 8.31. The average molecular weight is 330 g/mol. The number of aromatic carboxylic acids is 1. The lowest BCUT2D eigenvalue weighted by atomic mass is 10.00. The van der Waals surface area contributed by atoms with Crippen LogP contribution in [0.5, 0.6) is 5.75 Å².